The summed E-state index contributed by atoms with van der Waals surface area (Å²) >= 11 is 1.78. The fraction of sp³-hybridized carbons (Fsp3) is 0.375. The molecule has 0 fully saturated rings. The van der Waals surface area contributed by atoms with Gasteiger partial charge in [-0.05, 0) is 12.5 Å². The summed E-state index contributed by atoms with van der Waals surface area (Å²) < 4.78 is 3.61. The van der Waals surface area contributed by atoms with E-state index in [-0.39, 0.29) is 0 Å². The Morgan fingerprint density at radius 2 is 2.24 bits per heavy atom. The van der Waals surface area contributed by atoms with Gasteiger partial charge in [0.05, 0.1) is 6.04 Å². The Morgan fingerprint density at radius 3 is 3.14 bits per heavy atom. The number of benzene rings is 1. The molecule has 0 aliphatic carbocycles. The van der Waals surface area contributed by atoms with Crippen molar-refractivity contribution in [3.05, 3.63) is 35.5 Å². The number of rotatable bonds is 3. The van der Waals surface area contributed by atoms with Crippen LogP contribution in [0.4, 0.5) is 0 Å². The summed E-state index contributed by atoms with van der Waals surface area (Å²) in [6.07, 6.45) is 2.27. The lowest BCUT2D eigenvalue weighted by Gasteiger charge is -2.24. The van der Waals surface area contributed by atoms with Gasteiger partial charge < -0.3 is 9.88 Å². The van der Waals surface area contributed by atoms with Crippen LogP contribution in [0.25, 0.3) is 21.5 Å². The molecule has 4 nitrogen and oxygen atoms in total. The Bertz CT molecular complexity index is 774. The lowest BCUT2D eigenvalue weighted by Crippen LogP contribution is -2.33. The molecule has 0 spiro atoms. The van der Waals surface area contributed by atoms with E-state index in [1.54, 1.807) is 11.3 Å². The molecule has 3 heterocycles. The molecule has 1 aliphatic heterocycles. The van der Waals surface area contributed by atoms with Gasteiger partial charge in [0.1, 0.15) is 0 Å². The first kappa shape index (κ1) is 13.0. The van der Waals surface area contributed by atoms with Crippen LogP contribution in [0.3, 0.4) is 0 Å². The topological polar surface area (TPSA) is 42.7 Å². The van der Waals surface area contributed by atoms with E-state index < -0.39 is 0 Å². The Balaban J connectivity index is 1.83. The van der Waals surface area contributed by atoms with Crippen molar-refractivity contribution in [3.8, 4) is 11.4 Å². The van der Waals surface area contributed by atoms with Gasteiger partial charge >= 0.3 is 0 Å². The Kier molecular flexibility index (Phi) is 3.24. The number of nitrogens with zero attached hydrogens (tertiary/aromatic N) is 3. The van der Waals surface area contributed by atoms with Crippen molar-refractivity contribution in [3.63, 3.8) is 0 Å². The van der Waals surface area contributed by atoms with Crippen LogP contribution in [0.5, 0.6) is 0 Å². The fourth-order valence-electron chi connectivity index (χ4n) is 3.11. The van der Waals surface area contributed by atoms with Gasteiger partial charge in [0.2, 0.25) is 0 Å². The molecule has 21 heavy (non-hydrogen) atoms. The van der Waals surface area contributed by atoms with Crippen molar-refractivity contribution in [1.29, 1.82) is 0 Å². The molecule has 4 rings (SSSR count). The van der Waals surface area contributed by atoms with Crippen LogP contribution in [0.2, 0.25) is 0 Å². The third-order valence-corrected chi connectivity index (χ3v) is 5.08. The molecule has 0 bridgehead atoms. The number of fused-ring (bicyclic) bond motifs is 2. The SMILES string of the molecule is CCCC1NCCn2c(-c3csc4ccccc34)nnc21. The average molecular weight is 298 g/mol. The highest BCUT2D eigenvalue weighted by atomic mass is 32.1. The molecular weight excluding hydrogens is 280 g/mol. The zero-order valence-electron chi connectivity index (χ0n) is 12.0. The van der Waals surface area contributed by atoms with E-state index >= 15 is 0 Å². The highest BCUT2D eigenvalue weighted by Gasteiger charge is 2.25. The second-order valence-electron chi connectivity index (χ2n) is 5.47. The lowest BCUT2D eigenvalue weighted by atomic mass is 10.1. The Morgan fingerprint density at radius 1 is 1.33 bits per heavy atom. The van der Waals surface area contributed by atoms with Crippen LogP contribution in [0.1, 0.15) is 31.6 Å². The molecule has 0 saturated heterocycles. The van der Waals surface area contributed by atoms with E-state index in [4.69, 9.17) is 0 Å². The molecule has 0 radical (unpaired) electrons. The van der Waals surface area contributed by atoms with Gasteiger partial charge in [0.15, 0.2) is 11.6 Å². The summed E-state index contributed by atoms with van der Waals surface area (Å²) in [5.41, 5.74) is 1.21. The van der Waals surface area contributed by atoms with E-state index in [9.17, 15) is 0 Å². The standard InChI is InChI=1S/C16H18N4S/c1-2-5-13-16-19-18-15(20(16)9-8-17-13)12-10-21-14-7-4-3-6-11(12)14/h3-4,6-7,10,13,17H,2,5,8-9H2,1H3. The molecule has 1 aliphatic rings. The van der Waals surface area contributed by atoms with Crippen molar-refractivity contribution in [2.45, 2.75) is 32.4 Å². The average Bonchev–Trinajstić information content (AvgIpc) is 3.11. The number of nitrogens with one attached hydrogen (secondary N) is 1. The monoisotopic (exact) mass is 298 g/mol. The van der Waals surface area contributed by atoms with Gasteiger partial charge in [-0.3, -0.25) is 0 Å². The van der Waals surface area contributed by atoms with Crippen molar-refractivity contribution < 1.29 is 0 Å². The first-order valence-electron chi connectivity index (χ1n) is 7.51. The minimum absolute atomic E-state index is 0.342. The molecule has 0 saturated carbocycles. The molecule has 1 unspecified atom stereocenters. The molecule has 108 valence electrons. The van der Waals surface area contributed by atoms with Crippen LogP contribution < -0.4 is 5.32 Å². The van der Waals surface area contributed by atoms with E-state index in [1.165, 1.54) is 15.6 Å². The Hall–Kier alpha value is -1.72. The minimum Gasteiger partial charge on any atom is -0.308 e. The maximum Gasteiger partial charge on any atom is 0.165 e. The summed E-state index contributed by atoms with van der Waals surface area (Å²) in [7, 11) is 0. The maximum atomic E-state index is 4.50. The molecule has 1 atom stereocenters. The lowest BCUT2D eigenvalue weighted by molar-refractivity contribution is 0.394. The minimum atomic E-state index is 0.342. The van der Waals surface area contributed by atoms with Crippen LogP contribution >= 0.6 is 11.3 Å². The fourth-order valence-corrected chi connectivity index (χ4v) is 4.04. The van der Waals surface area contributed by atoms with Gasteiger partial charge in [-0.15, -0.1) is 21.5 Å². The van der Waals surface area contributed by atoms with Gasteiger partial charge in [0.25, 0.3) is 0 Å². The van der Waals surface area contributed by atoms with Gasteiger partial charge in [-0.1, -0.05) is 31.5 Å². The quantitative estimate of drug-likeness (QED) is 0.803. The van der Waals surface area contributed by atoms with E-state index in [0.29, 0.717) is 6.04 Å². The van der Waals surface area contributed by atoms with Crippen LogP contribution in [0, 0.1) is 0 Å². The van der Waals surface area contributed by atoms with E-state index in [2.05, 4.69) is 56.7 Å². The zero-order valence-corrected chi connectivity index (χ0v) is 12.9. The predicted octanol–water partition coefficient (Wildman–Crippen LogP) is 3.60. The summed E-state index contributed by atoms with van der Waals surface area (Å²) in [4.78, 5) is 0. The predicted molar refractivity (Wildman–Crippen MR) is 86.5 cm³/mol. The molecule has 2 aromatic heterocycles. The normalized spacial score (nSPS) is 18.0. The van der Waals surface area contributed by atoms with Crippen LogP contribution in [0.15, 0.2) is 29.6 Å². The summed E-state index contributed by atoms with van der Waals surface area (Å²) in [5, 5.41) is 16.0. The Labute approximate surface area is 127 Å². The van der Waals surface area contributed by atoms with E-state index in [0.717, 1.165) is 37.6 Å². The van der Waals surface area contributed by atoms with Crippen molar-refractivity contribution in [2.75, 3.05) is 6.54 Å². The molecule has 1 N–H and O–H groups in total. The van der Waals surface area contributed by atoms with Crippen LogP contribution in [-0.4, -0.2) is 21.3 Å². The smallest absolute Gasteiger partial charge is 0.165 e. The molecular formula is C16H18N4S. The zero-order chi connectivity index (χ0) is 14.2. The van der Waals surface area contributed by atoms with Crippen molar-refractivity contribution in [1.82, 2.24) is 20.1 Å². The highest BCUT2D eigenvalue weighted by Crippen LogP contribution is 2.34. The van der Waals surface area contributed by atoms with E-state index in [1.807, 2.05) is 0 Å². The first-order valence-corrected chi connectivity index (χ1v) is 8.39. The number of thiophene rings is 1. The third-order valence-electron chi connectivity index (χ3n) is 4.12. The molecule has 1 aromatic carbocycles. The molecule has 5 heteroatoms. The van der Waals surface area contributed by atoms with Crippen molar-refractivity contribution >= 4 is 21.4 Å². The molecule has 0 amide bonds. The largest absolute Gasteiger partial charge is 0.308 e. The molecule has 3 aromatic rings. The van der Waals surface area contributed by atoms with Gasteiger partial charge in [-0.25, -0.2) is 0 Å². The number of hydrogen-bond acceptors (Lipinski definition) is 4. The number of aromatic nitrogens is 3. The summed E-state index contributed by atoms with van der Waals surface area (Å²) in [6, 6.07) is 8.86. The second-order valence-corrected chi connectivity index (χ2v) is 6.39. The van der Waals surface area contributed by atoms with Gasteiger partial charge in [0, 0.05) is 34.1 Å². The third kappa shape index (κ3) is 2.08. The summed E-state index contributed by atoms with van der Waals surface area (Å²) in [6.45, 7) is 4.15. The van der Waals surface area contributed by atoms with Gasteiger partial charge in [-0.2, -0.15) is 0 Å². The van der Waals surface area contributed by atoms with Crippen molar-refractivity contribution in [2.24, 2.45) is 0 Å². The number of hydrogen-bond donors (Lipinski definition) is 1. The van der Waals surface area contributed by atoms with Crippen LogP contribution in [-0.2, 0) is 6.54 Å². The first-order chi connectivity index (χ1) is 10.4. The second kappa shape index (κ2) is 5.24. The highest BCUT2D eigenvalue weighted by molar-refractivity contribution is 7.17. The maximum absolute atomic E-state index is 4.50. The summed E-state index contributed by atoms with van der Waals surface area (Å²) in [5.74, 6) is 2.11.